The van der Waals surface area contributed by atoms with E-state index in [4.69, 9.17) is 19.0 Å². The first-order valence-electron chi connectivity index (χ1n) is 11.2. The number of nitrogens with zero attached hydrogens (tertiary/aromatic N) is 2. The molecule has 1 unspecified atom stereocenters. The standard InChI is InChI=1S/C25H25N3O6/c1-15(2)24(29)27-34-17-7-8-19-16(11-17)9-10-28-20(19)12-23(26-25(28)30)32-14-18-13-31-21-5-3-4-6-22(21)33-18/h3-8,11-12,15,18H,9-10,13-14H2,1-2H3,(H,27,29). The van der Waals surface area contributed by atoms with Gasteiger partial charge in [0, 0.05) is 24.1 Å². The summed E-state index contributed by atoms with van der Waals surface area (Å²) in [5.74, 6) is 1.76. The van der Waals surface area contributed by atoms with Crippen LogP contribution in [0.3, 0.4) is 0 Å². The molecule has 176 valence electrons. The molecule has 1 atom stereocenters. The summed E-state index contributed by atoms with van der Waals surface area (Å²) < 4.78 is 19.1. The van der Waals surface area contributed by atoms with Crippen LogP contribution in [0, 0.1) is 5.92 Å². The molecule has 3 aromatic rings. The summed E-state index contributed by atoms with van der Waals surface area (Å²) in [6, 6.07) is 14.7. The van der Waals surface area contributed by atoms with Crippen molar-refractivity contribution in [1.82, 2.24) is 15.0 Å². The average Bonchev–Trinajstić information content (AvgIpc) is 2.85. The van der Waals surface area contributed by atoms with Crippen LogP contribution in [0.5, 0.6) is 23.1 Å². The Balaban J connectivity index is 1.31. The Morgan fingerprint density at radius 2 is 2.03 bits per heavy atom. The van der Waals surface area contributed by atoms with Crippen molar-refractivity contribution in [2.24, 2.45) is 5.92 Å². The SMILES string of the molecule is CC(C)C(=O)NOc1ccc2c(c1)CCn1c-2cc(OCC2COc3ccccc3O2)nc1=O. The van der Waals surface area contributed by atoms with E-state index in [1.807, 2.05) is 36.4 Å². The number of benzene rings is 2. The summed E-state index contributed by atoms with van der Waals surface area (Å²) in [5.41, 5.74) is 4.71. The van der Waals surface area contributed by atoms with Gasteiger partial charge in [0.05, 0.1) is 5.69 Å². The number of nitrogens with one attached hydrogen (secondary N) is 1. The summed E-state index contributed by atoms with van der Waals surface area (Å²) in [7, 11) is 0. The molecule has 0 saturated heterocycles. The first-order valence-corrected chi connectivity index (χ1v) is 11.2. The van der Waals surface area contributed by atoms with Gasteiger partial charge in [0.2, 0.25) is 5.88 Å². The number of carbonyl (C=O) groups excluding carboxylic acids is 1. The minimum absolute atomic E-state index is 0.178. The third-order valence-electron chi connectivity index (χ3n) is 5.72. The molecule has 0 saturated carbocycles. The lowest BCUT2D eigenvalue weighted by atomic mass is 9.97. The molecule has 0 radical (unpaired) electrons. The highest BCUT2D eigenvalue weighted by Crippen LogP contribution is 2.33. The quantitative estimate of drug-likeness (QED) is 0.561. The minimum atomic E-state index is -0.367. The molecule has 1 amide bonds. The van der Waals surface area contributed by atoms with E-state index < -0.39 is 0 Å². The summed E-state index contributed by atoms with van der Waals surface area (Å²) in [6.07, 6.45) is 0.329. The van der Waals surface area contributed by atoms with Gasteiger partial charge in [-0.3, -0.25) is 9.36 Å². The highest BCUT2D eigenvalue weighted by molar-refractivity contribution is 5.77. The molecule has 2 aliphatic heterocycles. The molecule has 1 aromatic heterocycles. The van der Waals surface area contributed by atoms with E-state index in [0.29, 0.717) is 36.8 Å². The van der Waals surface area contributed by atoms with Crippen molar-refractivity contribution in [2.45, 2.75) is 32.9 Å². The van der Waals surface area contributed by atoms with E-state index in [9.17, 15) is 9.59 Å². The van der Waals surface area contributed by atoms with E-state index in [-0.39, 0.29) is 36.1 Å². The van der Waals surface area contributed by atoms with Crippen LogP contribution in [-0.4, -0.2) is 34.8 Å². The molecular weight excluding hydrogens is 438 g/mol. The average molecular weight is 463 g/mol. The van der Waals surface area contributed by atoms with Crippen molar-refractivity contribution in [1.29, 1.82) is 0 Å². The van der Waals surface area contributed by atoms with Crippen LogP contribution in [0.1, 0.15) is 19.4 Å². The van der Waals surface area contributed by atoms with Gasteiger partial charge in [0.15, 0.2) is 23.4 Å². The second-order valence-electron chi connectivity index (χ2n) is 8.51. The number of rotatable bonds is 6. The zero-order valence-electron chi connectivity index (χ0n) is 18.9. The Kier molecular flexibility index (Phi) is 5.83. The van der Waals surface area contributed by atoms with Gasteiger partial charge >= 0.3 is 5.69 Å². The van der Waals surface area contributed by atoms with Gasteiger partial charge in [-0.2, -0.15) is 10.5 Å². The number of amides is 1. The monoisotopic (exact) mass is 463 g/mol. The van der Waals surface area contributed by atoms with Gasteiger partial charge in [0.25, 0.3) is 5.91 Å². The van der Waals surface area contributed by atoms with E-state index in [1.165, 1.54) is 0 Å². The van der Waals surface area contributed by atoms with Gasteiger partial charge in [0.1, 0.15) is 13.2 Å². The third kappa shape index (κ3) is 4.41. The van der Waals surface area contributed by atoms with Crippen LogP contribution in [0.4, 0.5) is 0 Å². The normalized spacial score (nSPS) is 15.8. The van der Waals surface area contributed by atoms with Crippen LogP contribution in [0.15, 0.2) is 53.3 Å². The Bertz CT molecular complexity index is 1290. The number of aromatic nitrogens is 2. The number of fused-ring (bicyclic) bond motifs is 4. The van der Waals surface area contributed by atoms with E-state index in [1.54, 1.807) is 30.5 Å². The fraction of sp³-hybridized carbons (Fsp3) is 0.320. The number of hydroxylamine groups is 1. The molecule has 0 spiro atoms. The van der Waals surface area contributed by atoms with E-state index >= 15 is 0 Å². The van der Waals surface area contributed by atoms with E-state index in [0.717, 1.165) is 16.8 Å². The molecule has 5 rings (SSSR count). The molecular formula is C25H25N3O6. The maximum atomic E-state index is 12.7. The first kappa shape index (κ1) is 21.8. The van der Waals surface area contributed by atoms with E-state index in [2.05, 4.69) is 10.5 Å². The molecule has 9 heteroatoms. The number of hydrogen-bond acceptors (Lipinski definition) is 7. The Morgan fingerprint density at radius 3 is 2.85 bits per heavy atom. The minimum Gasteiger partial charge on any atom is -0.486 e. The summed E-state index contributed by atoms with van der Waals surface area (Å²) in [5, 5.41) is 0. The fourth-order valence-electron chi connectivity index (χ4n) is 3.87. The molecule has 2 aliphatic rings. The van der Waals surface area contributed by atoms with Crippen LogP contribution in [0.2, 0.25) is 0 Å². The Morgan fingerprint density at radius 1 is 1.21 bits per heavy atom. The molecule has 1 N–H and O–H groups in total. The summed E-state index contributed by atoms with van der Waals surface area (Å²) in [6.45, 7) is 4.62. The van der Waals surface area contributed by atoms with Crippen molar-refractivity contribution in [3.8, 4) is 34.4 Å². The van der Waals surface area contributed by atoms with Crippen LogP contribution in [0.25, 0.3) is 11.3 Å². The number of para-hydroxylation sites is 2. The summed E-state index contributed by atoms with van der Waals surface area (Å²) in [4.78, 5) is 33.9. The summed E-state index contributed by atoms with van der Waals surface area (Å²) >= 11 is 0. The number of carbonyl (C=O) groups is 1. The predicted molar refractivity (Wildman–Crippen MR) is 123 cm³/mol. The van der Waals surface area contributed by atoms with Gasteiger partial charge < -0.3 is 19.0 Å². The molecule has 0 fully saturated rings. The largest absolute Gasteiger partial charge is 0.486 e. The highest BCUT2D eigenvalue weighted by Gasteiger charge is 2.23. The van der Waals surface area contributed by atoms with Crippen molar-refractivity contribution >= 4 is 5.91 Å². The van der Waals surface area contributed by atoms with Gasteiger partial charge in [-0.1, -0.05) is 26.0 Å². The molecule has 34 heavy (non-hydrogen) atoms. The number of aryl methyl sites for hydroxylation is 1. The molecule has 3 heterocycles. The number of ether oxygens (including phenoxy) is 3. The highest BCUT2D eigenvalue weighted by atomic mass is 16.7. The fourth-order valence-corrected chi connectivity index (χ4v) is 3.87. The number of hydrogen-bond donors (Lipinski definition) is 1. The smallest absolute Gasteiger partial charge is 0.351 e. The van der Waals surface area contributed by atoms with Crippen LogP contribution in [-0.2, 0) is 17.8 Å². The Hall–Kier alpha value is -4.01. The van der Waals surface area contributed by atoms with Gasteiger partial charge in [-0.15, -0.1) is 0 Å². The zero-order chi connectivity index (χ0) is 23.7. The topological polar surface area (TPSA) is 101 Å². The second-order valence-corrected chi connectivity index (χ2v) is 8.51. The zero-order valence-corrected chi connectivity index (χ0v) is 18.9. The van der Waals surface area contributed by atoms with Gasteiger partial charge in [-0.05, 0) is 42.3 Å². The van der Waals surface area contributed by atoms with Crippen molar-refractivity contribution in [2.75, 3.05) is 13.2 Å². The van der Waals surface area contributed by atoms with Crippen molar-refractivity contribution in [3.63, 3.8) is 0 Å². The van der Waals surface area contributed by atoms with Gasteiger partial charge in [-0.25, -0.2) is 4.79 Å². The lowest BCUT2D eigenvalue weighted by Crippen LogP contribution is -2.35. The molecule has 9 nitrogen and oxygen atoms in total. The van der Waals surface area contributed by atoms with Crippen molar-refractivity contribution in [3.05, 3.63) is 64.6 Å². The second kappa shape index (κ2) is 9.09. The lowest BCUT2D eigenvalue weighted by Gasteiger charge is -2.26. The third-order valence-corrected chi connectivity index (χ3v) is 5.72. The van der Waals surface area contributed by atoms with Crippen molar-refractivity contribution < 1.29 is 23.8 Å². The lowest BCUT2D eigenvalue weighted by molar-refractivity contribution is -0.130. The predicted octanol–water partition coefficient (Wildman–Crippen LogP) is 2.75. The van der Waals surface area contributed by atoms with Crippen LogP contribution >= 0.6 is 0 Å². The molecule has 0 aliphatic carbocycles. The maximum Gasteiger partial charge on any atom is 0.351 e. The maximum absolute atomic E-state index is 12.7. The molecule has 0 bridgehead atoms. The van der Waals surface area contributed by atoms with Crippen LogP contribution < -0.4 is 30.2 Å². The Labute approximate surface area is 196 Å². The first-order chi connectivity index (χ1) is 16.5. The molecule has 2 aromatic carbocycles.